The maximum atomic E-state index is 10.4. The fourth-order valence-corrected chi connectivity index (χ4v) is 10.9. The molecule has 6 aliphatic rings. The van der Waals surface area contributed by atoms with Crippen molar-refractivity contribution in [2.24, 2.45) is 17.8 Å². The van der Waals surface area contributed by atoms with Crippen LogP contribution in [0.5, 0.6) is 5.75 Å². The normalized spacial score (nSPS) is 43.3. The lowest BCUT2D eigenvalue weighted by Crippen LogP contribution is -2.61. The van der Waals surface area contributed by atoms with E-state index >= 15 is 0 Å². The van der Waals surface area contributed by atoms with Crippen LogP contribution in [0.3, 0.4) is 0 Å². The van der Waals surface area contributed by atoms with Crippen LogP contribution in [0.15, 0.2) is 18.2 Å². The Kier molecular flexibility index (Phi) is 7.06. The van der Waals surface area contributed by atoms with E-state index in [2.05, 4.69) is 41.2 Å². The van der Waals surface area contributed by atoms with Gasteiger partial charge in [0.15, 0.2) is 0 Å². The number of hydrogen-bond acceptors (Lipinski definition) is 4. The van der Waals surface area contributed by atoms with Crippen LogP contribution in [0.2, 0.25) is 0 Å². The maximum Gasteiger partial charge on any atom is 0.115 e. The molecule has 7 rings (SSSR count). The molecule has 38 heavy (non-hydrogen) atoms. The SMILES string of the molecule is C[C@H]1[C@H]2Cc3ccc(O)cc3[C@]1(CCN[C@@H]1C[C@H]3CCC[C@@H](C1)N3[C@H]1C[C@@H]3CCCC[C@@H](C3)C1)CCN2C. The lowest BCUT2D eigenvalue weighted by Gasteiger charge is -2.56. The van der Waals surface area contributed by atoms with Gasteiger partial charge in [0, 0.05) is 35.6 Å². The number of hydrogen-bond donors (Lipinski definition) is 2. The Morgan fingerprint density at radius 2 is 1.66 bits per heavy atom. The molecule has 1 aromatic rings. The van der Waals surface area contributed by atoms with Gasteiger partial charge in [-0.05, 0) is 125 Å². The molecule has 3 heterocycles. The molecule has 2 saturated carbocycles. The van der Waals surface area contributed by atoms with Crippen molar-refractivity contribution in [1.82, 2.24) is 15.1 Å². The monoisotopic (exact) mass is 519 g/mol. The smallest absolute Gasteiger partial charge is 0.115 e. The molecule has 0 spiro atoms. The summed E-state index contributed by atoms with van der Waals surface area (Å²) in [6.07, 6.45) is 21.2. The molecule has 0 amide bonds. The van der Waals surface area contributed by atoms with Crippen LogP contribution in [0.25, 0.3) is 0 Å². The Balaban J connectivity index is 1.03. The molecule has 3 aliphatic heterocycles. The van der Waals surface area contributed by atoms with Gasteiger partial charge in [-0.2, -0.15) is 0 Å². The fourth-order valence-electron chi connectivity index (χ4n) is 10.9. The molecule has 0 radical (unpaired) electrons. The van der Waals surface area contributed by atoms with Crippen LogP contribution < -0.4 is 5.32 Å². The third-order valence-electron chi connectivity index (χ3n) is 12.8. The minimum absolute atomic E-state index is 0.200. The first-order valence-electron chi connectivity index (χ1n) is 16.5. The molecule has 1 aromatic carbocycles. The standard InChI is InChI=1S/C34H53N3O/c1-23-33-19-26-10-11-31(38)22-32(26)34(23,13-15-36(33)2)12-14-35-27-20-28-8-5-9-29(21-27)37(28)30-17-24-6-3-4-7-25(16-24)18-30/h10-11,22-25,27-30,33,35,38H,3-9,12-21H2,1-2H3/t23-,24-,25+,27-,28-,29+,30+,33+,34+/m0/s1. The summed E-state index contributed by atoms with van der Waals surface area (Å²) in [5.41, 5.74) is 3.14. The number of piperidine rings is 3. The summed E-state index contributed by atoms with van der Waals surface area (Å²) in [4.78, 5) is 5.71. The van der Waals surface area contributed by atoms with Crippen molar-refractivity contribution >= 4 is 0 Å². The number of likely N-dealkylation sites (tertiary alicyclic amines) is 1. The quantitative estimate of drug-likeness (QED) is 0.482. The van der Waals surface area contributed by atoms with Gasteiger partial charge in [-0.3, -0.25) is 4.90 Å². The van der Waals surface area contributed by atoms with Gasteiger partial charge in [0.05, 0.1) is 0 Å². The molecule has 5 fully saturated rings. The molecule has 4 nitrogen and oxygen atoms in total. The lowest BCUT2D eigenvalue weighted by atomic mass is 9.56. The van der Waals surface area contributed by atoms with Crippen molar-refractivity contribution in [3.63, 3.8) is 0 Å². The van der Waals surface area contributed by atoms with Crippen molar-refractivity contribution in [3.05, 3.63) is 29.3 Å². The Morgan fingerprint density at radius 3 is 2.39 bits per heavy atom. The molecule has 4 heteroatoms. The van der Waals surface area contributed by atoms with E-state index in [9.17, 15) is 5.11 Å². The lowest BCUT2D eigenvalue weighted by molar-refractivity contribution is -0.0376. The third-order valence-corrected chi connectivity index (χ3v) is 12.8. The highest BCUT2D eigenvalue weighted by Crippen LogP contribution is 2.51. The van der Waals surface area contributed by atoms with Crippen LogP contribution in [0.4, 0.5) is 0 Å². The number of nitrogens with one attached hydrogen (secondary N) is 1. The second kappa shape index (κ2) is 10.4. The van der Waals surface area contributed by atoms with Crippen LogP contribution in [0, 0.1) is 17.8 Å². The minimum atomic E-state index is 0.200. The highest BCUT2D eigenvalue weighted by Gasteiger charge is 2.50. The van der Waals surface area contributed by atoms with Gasteiger partial charge in [0.25, 0.3) is 0 Å². The van der Waals surface area contributed by atoms with Gasteiger partial charge < -0.3 is 15.3 Å². The number of rotatable bonds is 5. The molecular formula is C34H53N3O. The molecule has 0 aromatic heterocycles. The first kappa shape index (κ1) is 25.8. The van der Waals surface area contributed by atoms with E-state index in [1.165, 1.54) is 101 Å². The van der Waals surface area contributed by atoms with Crippen LogP contribution in [-0.2, 0) is 11.8 Å². The van der Waals surface area contributed by atoms with E-state index in [-0.39, 0.29) is 5.41 Å². The molecule has 6 bridgehead atoms. The van der Waals surface area contributed by atoms with Gasteiger partial charge >= 0.3 is 0 Å². The van der Waals surface area contributed by atoms with Crippen LogP contribution in [-0.4, -0.2) is 65.3 Å². The maximum absolute atomic E-state index is 10.4. The predicted molar refractivity (Wildman–Crippen MR) is 156 cm³/mol. The Morgan fingerprint density at radius 1 is 0.921 bits per heavy atom. The summed E-state index contributed by atoms with van der Waals surface area (Å²) in [7, 11) is 2.32. The van der Waals surface area contributed by atoms with Gasteiger partial charge in [-0.1, -0.05) is 45.1 Å². The number of aromatic hydroxyl groups is 1. The zero-order valence-electron chi connectivity index (χ0n) is 24.2. The predicted octanol–water partition coefficient (Wildman–Crippen LogP) is 6.25. The zero-order chi connectivity index (χ0) is 25.9. The number of nitrogens with zero attached hydrogens (tertiary/aromatic N) is 2. The van der Waals surface area contributed by atoms with E-state index in [4.69, 9.17) is 0 Å². The minimum Gasteiger partial charge on any atom is -0.508 e. The van der Waals surface area contributed by atoms with Crippen molar-refractivity contribution in [2.45, 2.75) is 139 Å². The highest BCUT2D eigenvalue weighted by molar-refractivity contribution is 5.44. The Labute approximate surface area is 231 Å². The molecule has 3 saturated heterocycles. The van der Waals surface area contributed by atoms with E-state index in [0.717, 1.165) is 42.9 Å². The van der Waals surface area contributed by atoms with Gasteiger partial charge in [-0.15, -0.1) is 0 Å². The zero-order valence-corrected chi connectivity index (χ0v) is 24.2. The van der Waals surface area contributed by atoms with Gasteiger partial charge in [-0.25, -0.2) is 0 Å². The van der Waals surface area contributed by atoms with E-state index < -0.39 is 0 Å². The van der Waals surface area contributed by atoms with Crippen molar-refractivity contribution < 1.29 is 5.11 Å². The second-order valence-electron chi connectivity index (χ2n) is 14.7. The van der Waals surface area contributed by atoms with Gasteiger partial charge in [0.1, 0.15) is 5.75 Å². The average molecular weight is 520 g/mol. The summed E-state index contributed by atoms with van der Waals surface area (Å²) >= 11 is 0. The summed E-state index contributed by atoms with van der Waals surface area (Å²) in [5.74, 6) is 3.13. The fraction of sp³-hybridized carbons (Fsp3) is 0.824. The first-order valence-corrected chi connectivity index (χ1v) is 16.5. The number of benzene rings is 1. The van der Waals surface area contributed by atoms with Crippen LogP contribution >= 0.6 is 0 Å². The van der Waals surface area contributed by atoms with Crippen LogP contribution in [0.1, 0.15) is 108 Å². The summed E-state index contributed by atoms with van der Waals surface area (Å²) in [6.45, 7) is 4.79. The summed E-state index contributed by atoms with van der Waals surface area (Å²) < 4.78 is 0. The topological polar surface area (TPSA) is 38.7 Å². The molecule has 210 valence electrons. The molecule has 9 atom stereocenters. The molecule has 3 aliphatic carbocycles. The molecular weight excluding hydrogens is 466 g/mol. The Bertz CT molecular complexity index is 968. The molecule has 2 N–H and O–H groups in total. The summed E-state index contributed by atoms with van der Waals surface area (Å²) in [5, 5.41) is 14.6. The third kappa shape index (κ3) is 4.55. The van der Waals surface area contributed by atoms with Crippen molar-refractivity contribution in [3.8, 4) is 5.75 Å². The summed E-state index contributed by atoms with van der Waals surface area (Å²) in [6, 6.07) is 10.1. The van der Waals surface area contributed by atoms with E-state index in [1.807, 2.05) is 6.07 Å². The Hall–Kier alpha value is -1.10. The largest absolute Gasteiger partial charge is 0.508 e. The second-order valence-corrected chi connectivity index (χ2v) is 14.7. The van der Waals surface area contributed by atoms with E-state index in [1.54, 1.807) is 6.42 Å². The van der Waals surface area contributed by atoms with E-state index in [0.29, 0.717) is 23.8 Å². The van der Waals surface area contributed by atoms with Gasteiger partial charge in [0.2, 0.25) is 0 Å². The number of phenolic OH excluding ortho intramolecular Hbond substituents is 1. The number of likely N-dealkylation sites (N-methyl/N-ethyl adjacent to an activating group) is 1. The van der Waals surface area contributed by atoms with Crippen molar-refractivity contribution in [2.75, 3.05) is 20.1 Å². The molecule has 0 unspecified atom stereocenters. The van der Waals surface area contributed by atoms with Crippen molar-refractivity contribution in [1.29, 1.82) is 0 Å². The number of phenols is 1. The average Bonchev–Trinajstić information content (AvgIpc) is 3.07. The first-order chi connectivity index (χ1) is 18.5. The number of fused-ring (bicyclic) bond motifs is 8. The highest BCUT2D eigenvalue weighted by atomic mass is 16.3.